The number of fused-ring (bicyclic) bond motifs is 3. The first-order valence-corrected chi connectivity index (χ1v) is 10.3. The van der Waals surface area contributed by atoms with Crippen molar-refractivity contribution in [3.05, 3.63) is 16.9 Å². The number of anilines is 3. The molecule has 2 bridgehead atoms. The molecule has 1 saturated heterocycles. The number of aromatic nitrogens is 4. The third-order valence-corrected chi connectivity index (χ3v) is 5.71. The van der Waals surface area contributed by atoms with Crippen LogP contribution < -0.4 is 15.4 Å². The second kappa shape index (κ2) is 8.13. The maximum Gasteiger partial charge on any atom is 0.257 e. The summed E-state index contributed by atoms with van der Waals surface area (Å²) in [6, 6.07) is 0.492. The van der Waals surface area contributed by atoms with Crippen molar-refractivity contribution in [1.82, 2.24) is 19.7 Å². The summed E-state index contributed by atoms with van der Waals surface area (Å²) in [6.45, 7) is 8.45. The highest BCUT2D eigenvalue weighted by atomic mass is 35.5. The average molecular weight is 407 g/mol. The van der Waals surface area contributed by atoms with Crippen molar-refractivity contribution in [3.63, 3.8) is 0 Å². The second-order valence-electron chi connectivity index (χ2n) is 7.70. The van der Waals surface area contributed by atoms with Gasteiger partial charge in [-0.15, -0.1) is 5.10 Å². The van der Waals surface area contributed by atoms with Crippen LogP contribution in [0.5, 0.6) is 5.88 Å². The van der Waals surface area contributed by atoms with E-state index in [4.69, 9.17) is 26.2 Å². The number of nitrogens with zero attached hydrogens (tertiary/aromatic N) is 4. The molecule has 9 heteroatoms. The predicted molar refractivity (Wildman–Crippen MR) is 109 cm³/mol. The lowest BCUT2D eigenvalue weighted by molar-refractivity contribution is 0.0652. The minimum atomic E-state index is 0.181. The Balaban J connectivity index is 1.71. The van der Waals surface area contributed by atoms with Crippen molar-refractivity contribution < 1.29 is 9.47 Å². The van der Waals surface area contributed by atoms with E-state index in [-0.39, 0.29) is 6.04 Å². The van der Waals surface area contributed by atoms with Gasteiger partial charge in [0.25, 0.3) is 5.88 Å². The van der Waals surface area contributed by atoms with Crippen LogP contribution in [0.2, 0.25) is 5.02 Å². The summed E-state index contributed by atoms with van der Waals surface area (Å²) in [4.78, 5) is 8.93. The first-order chi connectivity index (χ1) is 13.5. The molecule has 0 aromatic carbocycles. The van der Waals surface area contributed by atoms with Gasteiger partial charge in [0.05, 0.1) is 24.5 Å². The Hall–Kier alpha value is -2.06. The number of halogens is 1. The normalized spacial score (nSPS) is 20.5. The van der Waals surface area contributed by atoms with Crippen molar-refractivity contribution in [2.45, 2.75) is 52.1 Å². The van der Waals surface area contributed by atoms with Gasteiger partial charge in [0.1, 0.15) is 10.7 Å². The molecule has 4 heterocycles. The Labute approximate surface area is 170 Å². The van der Waals surface area contributed by atoms with E-state index in [0.717, 1.165) is 43.9 Å². The SMILES string of the molecule is Cc1c2c(nn1C1CCOCC1)OCC[C@@H](C(C)C)Nc1nc(ncc1Cl)N2. The fourth-order valence-corrected chi connectivity index (χ4v) is 3.84. The summed E-state index contributed by atoms with van der Waals surface area (Å²) < 4.78 is 13.7. The molecule has 0 amide bonds. The van der Waals surface area contributed by atoms with Gasteiger partial charge in [0, 0.05) is 25.7 Å². The maximum absolute atomic E-state index is 6.32. The summed E-state index contributed by atoms with van der Waals surface area (Å²) in [5.74, 6) is 2.09. The Morgan fingerprint density at radius 1 is 1.21 bits per heavy atom. The number of rotatable bonds is 2. The average Bonchev–Trinajstić information content (AvgIpc) is 2.98. The molecule has 2 aliphatic heterocycles. The molecular weight excluding hydrogens is 380 g/mol. The molecule has 0 saturated carbocycles. The third kappa shape index (κ3) is 3.89. The highest BCUT2D eigenvalue weighted by molar-refractivity contribution is 6.32. The Morgan fingerprint density at radius 3 is 2.75 bits per heavy atom. The van der Waals surface area contributed by atoms with Crippen LogP contribution in [0.25, 0.3) is 0 Å². The molecule has 1 atom stereocenters. The molecular formula is C19H27ClN6O2. The highest BCUT2D eigenvalue weighted by Crippen LogP contribution is 2.35. The largest absolute Gasteiger partial charge is 0.475 e. The van der Waals surface area contributed by atoms with Gasteiger partial charge in [0.15, 0.2) is 5.82 Å². The molecule has 2 N–H and O–H groups in total. The van der Waals surface area contributed by atoms with E-state index >= 15 is 0 Å². The van der Waals surface area contributed by atoms with Crippen LogP contribution >= 0.6 is 11.6 Å². The van der Waals surface area contributed by atoms with E-state index in [9.17, 15) is 0 Å². The van der Waals surface area contributed by atoms with Crippen molar-refractivity contribution >= 4 is 29.1 Å². The van der Waals surface area contributed by atoms with Crippen LogP contribution in [-0.2, 0) is 4.74 Å². The van der Waals surface area contributed by atoms with Crippen molar-refractivity contribution in [2.75, 3.05) is 30.5 Å². The minimum absolute atomic E-state index is 0.181. The van der Waals surface area contributed by atoms with Gasteiger partial charge in [-0.1, -0.05) is 25.4 Å². The fourth-order valence-electron chi connectivity index (χ4n) is 3.69. The first-order valence-electron chi connectivity index (χ1n) is 9.88. The van der Waals surface area contributed by atoms with E-state index in [1.54, 1.807) is 6.20 Å². The Kier molecular flexibility index (Phi) is 5.59. The predicted octanol–water partition coefficient (Wildman–Crippen LogP) is 3.95. The molecule has 2 aromatic heterocycles. The summed E-state index contributed by atoms with van der Waals surface area (Å²) in [7, 11) is 0. The molecule has 2 aromatic rings. The summed E-state index contributed by atoms with van der Waals surface area (Å²) in [5, 5.41) is 12.0. The number of hydrogen-bond acceptors (Lipinski definition) is 7. The van der Waals surface area contributed by atoms with Gasteiger partial charge < -0.3 is 20.1 Å². The summed E-state index contributed by atoms with van der Waals surface area (Å²) >= 11 is 6.32. The summed E-state index contributed by atoms with van der Waals surface area (Å²) in [5.41, 5.74) is 1.82. The number of hydrogen-bond donors (Lipinski definition) is 2. The Morgan fingerprint density at radius 2 is 2.00 bits per heavy atom. The van der Waals surface area contributed by atoms with Crippen molar-refractivity contribution in [1.29, 1.82) is 0 Å². The smallest absolute Gasteiger partial charge is 0.257 e. The highest BCUT2D eigenvalue weighted by Gasteiger charge is 2.26. The van der Waals surface area contributed by atoms with E-state index < -0.39 is 0 Å². The fraction of sp³-hybridized carbons (Fsp3) is 0.632. The zero-order valence-corrected chi connectivity index (χ0v) is 17.3. The number of nitrogens with one attached hydrogen (secondary N) is 2. The number of ether oxygens (including phenoxy) is 2. The molecule has 152 valence electrons. The van der Waals surface area contributed by atoms with Gasteiger partial charge in [-0.2, -0.15) is 4.98 Å². The van der Waals surface area contributed by atoms with Crippen LogP contribution in [0, 0.1) is 12.8 Å². The molecule has 0 spiro atoms. The molecule has 28 heavy (non-hydrogen) atoms. The lowest BCUT2D eigenvalue weighted by Crippen LogP contribution is -2.28. The van der Waals surface area contributed by atoms with Crippen molar-refractivity contribution in [2.24, 2.45) is 5.92 Å². The molecule has 0 aliphatic carbocycles. The second-order valence-corrected chi connectivity index (χ2v) is 8.11. The van der Waals surface area contributed by atoms with Gasteiger partial charge >= 0.3 is 0 Å². The lowest BCUT2D eigenvalue weighted by atomic mass is 10.0. The molecule has 4 rings (SSSR count). The monoisotopic (exact) mass is 406 g/mol. The molecule has 8 nitrogen and oxygen atoms in total. The van der Waals surface area contributed by atoms with E-state index in [2.05, 4.69) is 39.1 Å². The van der Waals surface area contributed by atoms with E-state index in [1.165, 1.54) is 0 Å². The van der Waals surface area contributed by atoms with E-state index in [1.807, 2.05) is 6.92 Å². The van der Waals surface area contributed by atoms with Crippen LogP contribution in [0.15, 0.2) is 6.20 Å². The molecule has 0 unspecified atom stereocenters. The lowest BCUT2D eigenvalue weighted by Gasteiger charge is -2.24. The topological polar surface area (TPSA) is 86.1 Å². The van der Waals surface area contributed by atoms with E-state index in [0.29, 0.717) is 41.2 Å². The van der Waals surface area contributed by atoms with Crippen LogP contribution in [0.1, 0.15) is 44.8 Å². The van der Waals surface area contributed by atoms with Gasteiger partial charge in [-0.25, -0.2) is 4.98 Å². The molecule has 2 aliphatic rings. The molecule has 0 radical (unpaired) electrons. The van der Waals surface area contributed by atoms with Gasteiger partial charge in [-0.3, -0.25) is 4.68 Å². The maximum atomic E-state index is 6.32. The minimum Gasteiger partial charge on any atom is -0.475 e. The van der Waals surface area contributed by atoms with Gasteiger partial charge in [-0.05, 0) is 25.7 Å². The standard InChI is InChI=1S/C19H27ClN6O2/c1-11(2)15-6-9-28-18-16(23-19-21-10-14(20)17(22-15)24-19)12(3)26(25-18)13-4-7-27-8-5-13/h10-11,13,15H,4-9H2,1-3H3,(H2,21,22,23,24)/t15-/m0/s1. The third-order valence-electron chi connectivity index (χ3n) is 5.43. The zero-order chi connectivity index (χ0) is 19.7. The Bertz CT molecular complexity index is 834. The quantitative estimate of drug-likeness (QED) is 0.780. The zero-order valence-electron chi connectivity index (χ0n) is 16.5. The van der Waals surface area contributed by atoms with Crippen LogP contribution in [-0.4, -0.2) is 45.6 Å². The van der Waals surface area contributed by atoms with Gasteiger partial charge in [0.2, 0.25) is 5.95 Å². The van der Waals surface area contributed by atoms with Crippen LogP contribution in [0.4, 0.5) is 17.5 Å². The molecule has 1 fully saturated rings. The van der Waals surface area contributed by atoms with Crippen LogP contribution in [0.3, 0.4) is 0 Å². The first kappa shape index (κ1) is 19.3. The summed E-state index contributed by atoms with van der Waals surface area (Å²) in [6.07, 6.45) is 4.33. The van der Waals surface area contributed by atoms with Crippen molar-refractivity contribution in [3.8, 4) is 5.88 Å².